The molecule has 0 bridgehead atoms. The number of para-hydroxylation sites is 2. The van der Waals surface area contributed by atoms with Crippen LogP contribution < -0.4 is 14.4 Å². The first-order valence-corrected chi connectivity index (χ1v) is 12.5. The van der Waals surface area contributed by atoms with Gasteiger partial charge in [0.2, 0.25) is 5.91 Å². The third-order valence-electron chi connectivity index (χ3n) is 6.12. The molecule has 5 rings (SSSR count). The van der Waals surface area contributed by atoms with E-state index in [1.165, 1.54) is 35.8 Å². The van der Waals surface area contributed by atoms with Crippen molar-refractivity contribution in [2.75, 3.05) is 23.3 Å². The lowest BCUT2D eigenvalue weighted by Crippen LogP contribution is -2.38. The van der Waals surface area contributed by atoms with Gasteiger partial charge in [0.1, 0.15) is 12.3 Å². The summed E-state index contributed by atoms with van der Waals surface area (Å²) in [6.07, 6.45) is 1.97. The molecule has 6 nitrogen and oxygen atoms in total. The van der Waals surface area contributed by atoms with Crippen molar-refractivity contribution in [3.05, 3.63) is 96.1 Å². The van der Waals surface area contributed by atoms with Crippen molar-refractivity contribution in [2.24, 2.45) is 0 Å². The van der Waals surface area contributed by atoms with Crippen LogP contribution in [0.1, 0.15) is 11.1 Å². The molecule has 0 aliphatic heterocycles. The van der Waals surface area contributed by atoms with Crippen LogP contribution in [0.3, 0.4) is 0 Å². The minimum Gasteiger partial charge on any atom is -0.495 e. The van der Waals surface area contributed by atoms with Crippen molar-refractivity contribution >= 4 is 38.1 Å². The van der Waals surface area contributed by atoms with Crippen molar-refractivity contribution in [2.45, 2.75) is 17.7 Å². The highest BCUT2D eigenvalue weighted by Gasteiger charge is 2.29. The number of rotatable bonds is 7. The van der Waals surface area contributed by atoms with Crippen LogP contribution in [0.5, 0.6) is 5.75 Å². The van der Waals surface area contributed by atoms with Gasteiger partial charge in [-0.15, -0.1) is 0 Å². The number of hydrogen-bond donors (Lipinski definition) is 1. The average molecular weight is 473 g/mol. The lowest BCUT2D eigenvalue weighted by molar-refractivity contribution is -0.114. The Balaban J connectivity index is 1.51. The van der Waals surface area contributed by atoms with Gasteiger partial charge in [-0.2, -0.15) is 0 Å². The molecule has 7 heteroatoms. The molecule has 0 atom stereocenters. The molecular weight excluding hydrogens is 448 g/mol. The molecule has 1 amide bonds. The fraction of sp³-hybridized carbons (Fsp3) is 0.148. The Morgan fingerprint density at radius 1 is 0.882 bits per heavy atom. The van der Waals surface area contributed by atoms with E-state index in [1.807, 2.05) is 24.3 Å². The van der Waals surface area contributed by atoms with Crippen LogP contribution in [-0.4, -0.2) is 28.0 Å². The maximum Gasteiger partial charge on any atom is 0.264 e. The van der Waals surface area contributed by atoms with E-state index in [2.05, 4.69) is 11.4 Å². The Kier molecular flexibility index (Phi) is 5.71. The third-order valence-corrected chi connectivity index (χ3v) is 7.90. The SMILES string of the molecule is COc1ccccc1N(CC(=O)Nc1ccc2c3c(cccc13)CC2)S(=O)(=O)c1ccccc1. The molecule has 1 aliphatic rings. The summed E-state index contributed by atoms with van der Waals surface area (Å²) in [5.74, 6) is -0.0794. The van der Waals surface area contributed by atoms with Crippen molar-refractivity contribution < 1.29 is 17.9 Å². The number of nitrogens with one attached hydrogen (secondary N) is 1. The third kappa shape index (κ3) is 3.88. The molecule has 172 valence electrons. The highest BCUT2D eigenvalue weighted by atomic mass is 32.2. The van der Waals surface area contributed by atoms with Crippen molar-refractivity contribution in [1.29, 1.82) is 0 Å². The Hall–Kier alpha value is -3.84. The molecule has 0 saturated carbocycles. The highest BCUT2D eigenvalue weighted by molar-refractivity contribution is 7.92. The minimum absolute atomic E-state index is 0.0963. The van der Waals surface area contributed by atoms with Crippen LogP contribution in [0, 0.1) is 0 Å². The molecule has 1 N–H and O–H groups in total. The number of anilines is 2. The fourth-order valence-electron chi connectivity index (χ4n) is 4.53. The van der Waals surface area contributed by atoms with E-state index in [9.17, 15) is 13.2 Å². The number of carbonyl (C=O) groups excluding carboxylic acids is 1. The molecule has 4 aromatic rings. The molecule has 0 radical (unpaired) electrons. The summed E-state index contributed by atoms with van der Waals surface area (Å²) < 4.78 is 33.7. The molecule has 0 spiro atoms. The van der Waals surface area contributed by atoms with Crippen LogP contribution in [0.4, 0.5) is 11.4 Å². The summed E-state index contributed by atoms with van der Waals surface area (Å²) in [4.78, 5) is 13.3. The Labute approximate surface area is 198 Å². The van der Waals surface area contributed by atoms with Gasteiger partial charge in [-0.25, -0.2) is 8.42 Å². The monoisotopic (exact) mass is 472 g/mol. The maximum atomic E-state index is 13.6. The van der Waals surface area contributed by atoms with Gasteiger partial charge in [-0.05, 0) is 59.7 Å². The second-order valence-corrected chi connectivity index (χ2v) is 10.0. The first kappa shape index (κ1) is 22.0. The van der Waals surface area contributed by atoms with E-state index in [-0.39, 0.29) is 4.90 Å². The van der Waals surface area contributed by atoms with Gasteiger partial charge in [0.05, 0.1) is 17.7 Å². The first-order chi connectivity index (χ1) is 16.5. The second-order valence-electron chi connectivity index (χ2n) is 8.16. The predicted octanol–water partition coefficient (Wildman–Crippen LogP) is 4.78. The maximum absolute atomic E-state index is 13.6. The smallest absolute Gasteiger partial charge is 0.264 e. The lowest BCUT2D eigenvalue weighted by Gasteiger charge is -2.25. The van der Waals surface area contributed by atoms with Gasteiger partial charge in [0.25, 0.3) is 10.0 Å². The second kappa shape index (κ2) is 8.83. The topological polar surface area (TPSA) is 75.7 Å². The Morgan fingerprint density at radius 2 is 1.59 bits per heavy atom. The number of ether oxygens (including phenoxy) is 1. The summed E-state index contributed by atoms with van der Waals surface area (Å²) in [7, 11) is -2.56. The van der Waals surface area contributed by atoms with E-state index < -0.39 is 22.5 Å². The van der Waals surface area contributed by atoms with Gasteiger partial charge in [0, 0.05) is 11.1 Å². The van der Waals surface area contributed by atoms with Crippen LogP contribution in [-0.2, 0) is 27.7 Å². The Morgan fingerprint density at radius 3 is 2.35 bits per heavy atom. The Bertz CT molecular complexity index is 1470. The number of nitrogens with zero attached hydrogens (tertiary/aromatic N) is 1. The number of sulfonamides is 1. The number of methoxy groups -OCH3 is 1. The molecule has 0 heterocycles. The van der Waals surface area contributed by atoms with E-state index in [0.29, 0.717) is 17.1 Å². The van der Waals surface area contributed by atoms with Gasteiger partial charge < -0.3 is 10.1 Å². The molecule has 4 aromatic carbocycles. The summed E-state index contributed by atoms with van der Waals surface area (Å²) in [6.45, 7) is -0.402. The summed E-state index contributed by atoms with van der Waals surface area (Å²) in [6, 6.07) is 24.9. The van der Waals surface area contributed by atoms with Gasteiger partial charge in [0.15, 0.2) is 0 Å². The van der Waals surface area contributed by atoms with Crippen LogP contribution in [0.25, 0.3) is 10.8 Å². The van der Waals surface area contributed by atoms with Crippen molar-refractivity contribution in [3.8, 4) is 5.75 Å². The zero-order valence-electron chi connectivity index (χ0n) is 18.7. The van der Waals surface area contributed by atoms with E-state index >= 15 is 0 Å². The fourth-order valence-corrected chi connectivity index (χ4v) is 5.98. The van der Waals surface area contributed by atoms with E-state index in [4.69, 9.17) is 4.74 Å². The molecule has 0 unspecified atom stereocenters. The highest BCUT2D eigenvalue weighted by Crippen LogP contribution is 2.36. The molecule has 0 saturated heterocycles. The summed E-state index contributed by atoms with van der Waals surface area (Å²) in [5.41, 5.74) is 3.51. The van der Waals surface area contributed by atoms with Gasteiger partial charge >= 0.3 is 0 Å². The number of aryl methyl sites for hydroxylation is 2. The zero-order chi connectivity index (χ0) is 23.7. The molecule has 0 fully saturated rings. The van der Waals surface area contributed by atoms with E-state index in [1.54, 1.807) is 42.5 Å². The number of benzene rings is 4. The van der Waals surface area contributed by atoms with Gasteiger partial charge in [-0.3, -0.25) is 9.10 Å². The number of amides is 1. The summed E-state index contributed by atoms with van der Waals surface area (Å²) >= 11 is 0. The summed E-state index contributed by atoms with van der Waals surface area (Å²) in [5, 5.41) is 5.09. The quantitative estimate of drug-likeness (QED) is 0.420. The van der Waals surface area contributed by atoms with Crippen LogP contribution >= 0.6 is 0 Å². The molecule has 1 aliphatic carbocycles. The van der Waals surface area contributed by atoms with Gasteiger partial charge in [-0.1, -0.05) is 54.6 Å². The molecular formula is C27H24N2O4S. The van der Waals surface area contributed by atoms with Crippen LogP contribution in [0.2, 0.25) is 0 Å². The van der Waals surface area contributed by atoms with E-state index in [0.717, 1.165) is 22.5 Å². The normalized spacial score (nSPS) is 12.5. The lowest BCUT2D eigenvalue weighted by atomic mass is 10.0. The number of carbonyl (C=O) groups is 1. The zero-order valence-corrected chi connectivity index (χ0v) is 19.5. The average Bonchev–Trinajstić information content (AvgIpc) is 3.29. The first-order valence-electron chi connectivity index (χ1n) is 11.0. The standard InChI is InChI=1S/C27H24N2O4S/c1-33-25-13-6-5-12-24(25)29(34(31,32)21-9-3-2-4-10-21)18-26(30)28-23-17-16-20-15-14-19-8-7-11-22(23)27(19)20/h2-13,16-17H,14-15,18H2,1H3,(H,28,30). The molecule has 0 aromatic heterocycles. The van der Waals surface area contributed by atoms with Crippen molar-refractivity contribution in [1.82, 2.24) is 0 Å². The number of hydrogen-bond acceptors (Lipinski definition) is 4. The van der Waals surface area contributed by atoms with Crippen LogP contribution in [0.15, 0.2) is 89.8 Å². The minimum atomic E-state index is -4.03. The van der Waals surface area contributed by atoms with Crippen molar-refractivity contribution in [3.63, 3.8) is 0 Å². The predicted molar refractivity (Wildman–Crippen MR) is 134 cm³/mol. The largest absolute Gasteiger partial charge is 0.495 e. The molecule has 34 heavy (non-hydrogen) atoms.